The minimum Gasteiger partial charge on any atom is -0.388 e. The minimum absolute atomic E-state index is 0. The first-order chi connectivity index (χ1) is 12.7. The van der Waals surface area contributed by atoms with Gasteiger partial charge in [0.15, 0.2) is 0 Å². The largest absolute Gasteiger partial charge is 0.388 e. The van der Waals surface area contributed by atoms with Gasteiger partial charge in [0.25, 0.3) is 0 Å². The molecule has 0 radical (unpaired) electrons. The van der Waals surface area contributed by atoms with Crippen LogP contribution in [-0.4, -0.2) is 93.3 Å². The molecule has 4 N–H and O–H groups in total. The number of nitrogens with zero attached hydrogens (tertiary/aromatic N) is 1. The van der Waals surface area contributed by atoms with E-state index < -0.39 is 41.3 Å². The molecule has 0 aromatic carbocycles. The van der Waals surface area contributed by atoms with Crippen molar-refractivity contribution in [2.45, 2.75) is 80.4 Å². The summed E-state index contributed by atoms with van der Waals surface area (Å²) in [5.41, 5.74) is -0.702. The zero-order chi connectivity index (χ0) is 20.3. The molecule has 2 saturated heterocycles. The van der Waals surface area contributed by atoms with Crippen molar-refractivity contribution < 1.29 is 26.3 Å². The Kier molecular flexibility index (Phi) is 10.8. The van der Waals surface area contributed by atoms with E-state index in [0.29, 0.717) is 5.92 Å². The number of aliphatic hydroxyl groups excluding tert-OH is 3. The average molecular weight is 463 g/mol. The highest BCUT2D eigenvalue weighted by atomic mass is 35.5. The van der Waals surface area contributed by atoms with Gasteiger partial charge in [-0.2, -0.15) is 0 Å². The highest BCUT2D eigenvalue weighted by Crippen LogP contribution is 2.31. The lowest BCUT2D eigenvalue weighted by Gasteiger charge is -2.44. The topological polar surface area (TPSA) is 102 Å². The molecule has 2 aliphatic heterocycles. The number of rotatable bonds is 7. The van der Waals surface area contributed by atoms with Gasteiger partial charge in [0.1, 0.15) is 29.9 Å². The van der Waals surface area contributed by atoms with Gasteiger partial charge in [0.2, 0.25) is 5.91 Å². The first-order valence-corrected chi connectivity index (χ1v) is 11.3. The molecule has 2 rings (SSSR count). The number of ether oxygens (including phenoxy) is 1. The van der Waals surface area contributed by atoms with Crippen LogP contribution in [0.2, 0.25) is 0 Å². The van der Waals surface area contributed by atoms with Gasteiger partial charge in [-0.3, -0.25) is 9.69 Å². The molecule has 0 saturated carbocycles. The van der Waals surface area contributed by atoms with Gasteiger partial charge in [-0.1, -0.05) is 13.3 Å². The zero-order valence-electron chi connectivity index (χ0n) is 16.8. The highest BCUT2D eigenvalue weighted by Gasteiger charge is 2.48. The number of halogens is 2. The summed E-state index contributed by atoms with van der Waals surface area (Å²) >= 11 is 7.55. The Morgan fingerprint density at radius 2 is 2.00 bits per heavy atom. The number of likely N-dealkylation sites (tertiary alicyclic amines) is 1. The standard InChI is InChI=1S/C18H33ClN2O5S.ClH.H2/c1-5-6-10-7-11(21(3)8-10)17(25)20-12(9(2)19)16-14(23)13(22)15(24)18(26-16)27-4;;/h9-16,18,22-24H,5-8H2,1-4H3,(H,20,25);2*1H/t9-,10+,11-,12+,13-,14+,15+,16+,18+;;/m0../s1. The second kappa shape index (κ2) is 11.6. The van der Waals surface area contributed by atoms with Crippen molar-refractivity contribution in [3.05, 3.63) is 0 Å². The molecular formula is C18H36Cl2N2O5S. The third-order valence-electron chi connectivity index (χ3n) is 5.63. The summed E-state index contributed by atoms with van der Waals surface area (Å²) in [5.74, 6) is 0.350. The maximum atomic E-state index is 12.9. The van der Waals surface area contributed by atoms with Gasteiger partial charge in [-0.15, -0.1) is 35.8 Å². The highest BCUT2D eigenvalue weighted by molar-refractivity contribution is 7.99. The van der Waals surface area contributed by atoms with Crippen LogP contribution in [0.5, 0.6) is 0 Å². The van der Waals surface area contributed by atoms with E-state index in [4.69, 9.17) is 16.3 Å². The molecule has 0 bridgehead atoms. The van der Waals surface area contributed by atoms with E-state index in [2.05, 4.69) is 12.2 Å². The van der Waals surface area contributed by atoms with Crippen LogP contribution >= 0.6 is 35.8 Å². The summed E-state index contributed by atoms with van der Waals surface area (Å²) in [6.07, 6.45) is -0.0980. The molecular weight excluding hydrogens is 427 g/mol. The van der Waals surface area contributed by atoms with Crippen LogP contribution in [0.25, 0.3) is 0 Å². The van der Waals surface area contributed by atoms with E-state index in [-0.39, 0.29) is 25.8 Å². The summed E-state index contributed by atoms with van der Waals surface area (Å²) in [6.45, 7) is 4.74. The quantitative estimate of drug-likeness (QED) is 0.419. The molecule has 0 unspecified atom stereocenters. The fraction of sp³-hybridized carbons (Fsp3) is 0.944. The molecule has 28 heavy (non-hydrogen) atoms. The van der Waals surface area contributed by atoms with Gasteiger partial charge in [0, 0.05) is 7.97 Å². The predicted molar refractivity (Wildman–Crippen MR) is 116 cm³/mol. The number of carbonyl (C=O) groups excluding carboxylic acids is 1. The molecule has 0 aromatic rings. The van der Waals surface area contributed by atoms with Crippen LogP contribution in [0.4, 0.5) is 0 Å². The van der Waals surface area contributed by atoms with Gasteiger partial charge >= 0.3 is 0 Å². The Labute approximate surface area is 184 Å². The fourth-order valence-electron chi connectivity index (χ4n) is 4.11. The SMILES string of the molecule is CCC[C@@H]1C[C@@H](C(=O)N[C@@H]([C@H]2O[C@H](SC)[C@H](O)[C@@H](O)[C@H]2O)[C@H](C)Cl)N(C)C1.Cl.[HH]. The van der Waals surface area contributed by atoms with Crippen LogP contribution < -0.4 is 5.32 Å². The molecule has 0 aliphatic carbocycles. The number of hydrogen-bond donors (Lipinski definition) is 4. The number of alkyl halides is 1. The van der Waals surface area contributed by atoms with Crippen LogP contribution in [0.15, 0.2) is 0 Å². The van der Waals surface area contributed by atoms with E-state index in [0.717, 1.165) is 25.8 Å². The lowest BCUT2D eigenvalue weighted by Crippen LogP contribution is -2.65. The first-order valence-electron chi connectivity index (χ1n) is 9.58. The van der Waals surface area contributed by atoms with Crippen molar-refractivity contribution in [1.82, 2.24) is 10.2 Å². The van der Waals surface area contributed by atoms with Crippen molar-refractivity contribution in [2.24, 2.45) is 5.92 Å². The third kappa shape index (κ3) is 5.88. The van der Waals surface area contributed by atoms with Crippen LogP contribution in [0.1, 0.15) is 34.5 Å². The summed E-state index contributed by atoms with van der Waals surface area (Å²) < 4.78 is 5.79. The maximum Gasteiger partial charge on any atom is 0.237 e. The van der Waals surface area contributed by atoms with Crippen molar-refractivity contribution in [1.29, 1.82) is 0 Å². The number of hydrogen-bond acceptors (Lipinski definition) is 7. The Bertz CT molecular complexity index is 509. The molecule has 7 nitrogen and oxygen atoms in total. The monoisotopic (exact) mass is 462 g/mol. The van der Waals surface area contributed by atoms with E-state index >= 15 is 0 Å². The summed E-state index contributed by atoms with van der Waals surface area (Å²) in [4.78, 5) is 14.9. The van der Waals surface area contributed by atoms with Crippen molar-refractivity contribution in [3.8, 4) is 0 Å². The van der Waals surface area contributed by atoms with Gasteiger partial charge < -0.3 is 25.4 Å². The Balaban J connectivity index is 0.00000392. The normalized spacial score (nSPS) is 38.5. The lowest BCUT2D eigenvalue weighted by molar-refractivity contribution is -0.205. The van der Waals surface area contributed by atoms with E-state index in [9.17, 15) is 20.1 Å². The maximum absolute atomic E-state index is 12.9. The van der Waals surface area contributed by atoms with E-state index in [1.165, 1.54) is 11.8 Å². The molecule has 2 aliphatic rings. The number of likely N-dealkylation sites (N-methyl/N-ethyl adjacent to an activating group) is 1. The van der Waals surface area contributed by atoms with Crippen LogP contribution in [0, 0.1) is 5.92 Å². The lowest BCUT2D eigenvalue weighted by atomic mass is 9.92. The van der Waals surface area contributed by atoms with Crippen molar-refractivity contribution >= 4 is 41.7 Å². The first kappa shape index (κ1) is 26.2. The average Bonchev–Trinajstić information content (AvgIpc) is 2.99. The summed E-state index contributed by atoms with van der Waals surface area (Å²) in [5, 5.41) is 33.0. The number of nitrogens with one attached hydrogen (secondary N) is 1. The third-order valence-corrected chi connectivity index (χ3v) is 6.76. The molecule has 168 valence electrons. The summed E-state index contributed by atoms with van der Waals surface area (Å²) in [6, 6.07) is -0.934. The number of thioether (sulfide) groups is 1. The number of carbonyl (C=O) groups is 1. The molecule has 1 amide bonds. The second-order valence-electron chi connectivity index (χ2n) is 7.73. The van der Waals surface area contributed by atoms with Gasteiger partial charge in [-0.05, 0) is 39.0 Å². The Morgan fingerprint density at radius 3 is 2.54 bits per heavy atom. The minimum atomic E-state index is -1.36. The number of amides is 1. The van der Waals surface area contributed by atoms with Crippen LogP contribution in [0.3, 0.4) is 0 Å². The fourth-order valence-corrected chi connectivity index (χ4v) is 5.00. The number of aliphatic hydroxyl groups is 3. The van der Waals surface area contributed by atoms with Crippen molar-refractivity contribution in [3.63, 3.8) is 0 Å². The Morgan fingerprint density at radius 1 is 1.36 bits per heavy atom. The van der Waals surface area contributed by atoms with E-state index in [1.54, 1.807) is 13.2 Å². The van der Waals surface area contributed by atoms with Crippen LogP contribution in [-0.2, 0) is 9.53 Å². The second-order valence-corrected chi connectivity index (χ2v) is 9.36. The Hall–Kier alpha value is 0.200. The van der Waals surface area contributed by atoms with E-state index in [1.807, 2.05) is 11.9 Å². The molecule has 10 heteroatoms. The molecule has 2 fully saturated rings. The predicted octanol–water partition coefficient (Wildman–Crippen LogP) is 1.06. The van der Waals surface area contributed by atoms with Gasteiger partial charge in [-0.25, -0.2) is 0 Å². The molecule has 9 atom stereocenters. The zero-order valence-corrected chi connectivity index (χ0v) is 19.2. The van der Waals surface area contributed by atoms with Crippen molar-refractivity contribution in [2.75, 3.05) is 19.8 Å². The molecule has 0 spiro atoms. The molecule has 2 heterocycles. The smallest absolute Gasteiger partial charge is 0.237 e. The van der Waals surface area contributed by atoms with Gasteiger partial charge in [0.05, 0.1) is 17.5 Å². The molecule has 0 aromatic heterocycles. The summed E-state index contributed by atoms with van der Waals surface area (Å²) in [7, 11) is 1.94.